The van der Waals surface area contributed by atoms with E-state index in [1.165, 1.54) is 6.07 Å². The van der Waals surface area contributed by atoms with Crippen molar-refractivity contribution in [2.45, 2.75) is 124 Å². The highest BCUT2D eigenvalue weighted by Crippen LogP contribution is 2.56. The summed E-state index contributed by atoms with van der Waals surface area (Å²) < 4.78 is 52.7. The Balaban J connectivity index is 0.844. The number of nitriles is 1. The minimum atomic E-state index is -4.71. The molecular weight excluding hydrogens is 970 g/mol. The molecule has 3 aliphatic rings. The first-order chi connectivity index (χ1) is 34.8. The minimum Gasteiger partial charge on any atom is -0.489 e. The molecule has 0 spiro atoms. The Labute approximate surface area is 437 Å². The number of halogens is 3. The first kappa shape index (κ1) is 55.9. The molecule has 1 aromatic heterocycles. The second kappa shape index (κ2) is 22.5. The number of hydrogen-bond donors (Lipinski definition) is 3. The molecule has 4 aromatic rings. The predicted octanol–water partition coefficient (Wildman–Crippen LogP) is 8.20. The quantitative estimate of drug-likeness (QED) is 0.0938. The van der Waals surface area contributed by atoms with Crippen molar-refractivity contribution in [1.29, 1.82) is 5.26 Å². The van der Waals surface area contributed by atoms with Gasteiger partial charge in [0, 0.05) is 68.7 Å². The number of thiazole rings is 1. The average molecular weight is 1040 g/mol. The van der Waals surface area contributed by atoms with E-state index in [-0.39, 0.29) is 60.7 Å². The first-order valence-electron chi connectivity index (χ1n) is 25.4. The Morgan fingerprint density at radius 2 is 1.57 bits per heavy atom. The van der Waals surface area contributed by atoms with Gasteiger partial charge in [-0.25, -0.2) is 4.98 Å². The molecular formula is C56H71F3N8O6S. The molecule has 18 heteroatoms. The summed E-state index contributed by atoms with van der Waals surface area (Å²) in [6.45, 7) is 21.5. The van der Waals surface area contributed by atoms with Crippen LogP contribution in [0.3, 0.4) is 0 Å². The van der Waals surface area contributed by atoms with E-state index in [0.717, 1.165) is 71.9 Å². The van der Waals surface area contributed by atoms with Crippen LogP contribution in [0.4, 0.5) is 13.2 Å². The van der Waals surface area contributed by atoms with Crippen molar-refractivity contribution >= 4 is 35.0 Å². The molecule has 0 bridgehead atoms. The molecule has 4 amide bonds. The Hall–Kier alpha value is -5.87. The number of aryl methyl sites for hydroxylation is 2. The number of benzene rings is 3. The number of rotatable bonds is 17. The number of amides is 4. The highest BCUT2D eigenvalue weighted by molar-refractivity contribution is 7.13. The summed E-state index contributed by atoms with van der Waals surface area (Å²) in [5.74, 6) is -1.07. The van der Waals surface area contributed by atoms with Gasteiger partial charge in [0.25, 0.3) is 5.91 Å². The van der Waals surface area contributed by atoms with Gasteiger partial charge in [0.1, 0.15) is 23.9 Å². The number of methoxy groups -OCH3 is 1. The first-order valence-corrected chi connectivity index (χ1v) is 26.3. The van der Waals surface area contributed by atoms with Crippen LogP contribution in [0.2, 0.25) is 0 Å². The van der Waals surface area contributed by atoms with E-state index in [4.69, 9.17) is 9.47 Å². The van der Waals surface area contributed by atoms with Crippen LogP contribution < -0.4 is 20.7 Å². The summed E-state index contributed by atoms with van der Waals surface area (Å²) >= 11 is 1.58. The molecule has 1 unspecified atom stereocenters. The summed E-state index contributed by atoms with van der Waals surface area (Å²) in [5.41, 5.74) is 2.98. The summed E-state index contributed by atoms with van der Waals surface area (Å²) in [4.78, 5) is 67.0. The van der Waals surface area contributed by atoms with Crippen LogP contribution in [-0.4, -0.2) is 127 Å². The third-order valence-electron chi connectivity index (χ3n) is 15.2. The van der Waals surface area contributed by atoms with Gasteiger partial charge in [-0.05, 0) is 85.7 Å². The molecule has 2 saturated heterocycles. The zero-order valence-electron chi connectivity index (χ0n) is 44.2. The molecule has 74 heavy (non-hydrogen) atoms. The van der Waals surface area contributed by atoms with E-state index in [9.17, 15) is 37.6 Å². The van der Waals surface area contributed by atoms with E-state index < -0.39 is 51.7 Å². The van der Waals surface area contributed by atoms with Crippen molar-refractivity contribution in [3.63, 3.8) is 0 Å². The molecule has 1 aliphatic carbocycles. The van der Waals surface area contributed by atoms with Crippen molar-refractivity contribution in [3.05, 3.63) is 106 Å². The highest BCUT2D eigenvalue weighted by Gasteiger charge is 2.64. The molecule has 4 atom stereocenters. The lowest BCUT2D eigenvalue weighted by Gasteiger charge is -2.63. The number of nitrogens with one attached hydrogen (secondary N) is 3. The van der Waals surface area contributed by atoms with Crippen molar-refractivity contribution in [2.75, 3.05) is 52.9 Å². The monoisotopic (exact) mass is 1040 g/mol. The SMILES string of the molecule is CO[C@@H]1C[C@@H](C(=O)NC(C)c2ccc(-c3scnc3C)cc2)N(C(=O)[C@@H](NC(=O)CN2CCN(CCCc3ccc(C(=O)N[C@H]4C(C)(C)[C@H](Oc5ccc(C#N)c(C(F)(F)F)c5)C4(C)C)cc3)CC2)C(C)(C)C)C1. The number of carbonyl (C=O) groups excluding carboxylic acids is 4. The van der Waals surface area contributed by atoms with Crippen LogP contribution in [0.15, 0.2) is 72.2 Å². The minimum absolute atomic E-state index is 0.0110. The molecule has 3 heterocycles. The van der Waals surface area contributed by atoms with Gasteiger partial charge in [-0.15, -0.1) is 11.3 Å². The number of carbonyl (C=O) groups is 4. The maximum Gasteiger partial charge on any atom is 0.417 e. The summed E-state index contributed by atoms with van der Waals surface area (Å²) in [6.07, 6.45) is -3.50. The predicted molar refractivity (Wildman–Crippen MR) is 278 cm³/mol. The molecule has 2 aliphatic heterocycles. The van der Waals surface area contributed by atoms with Gasteiger partial charge in [0.05, 0.1) is 52.0 Å². The van der Waals surface area contributed by atoms with Crippen molar-refractivity contribution in [2.24, 2.45) is 16.2 Å². The molecule has 14 nitrogen and oxygen atoms in total. The van der Waals surface area contributed by atoms with E-state index in [0.29, 0.717) is 25.1 Å². The fraction of sp³-hybridized carbons (Fsp3) is 0.536. The van der Waals surface area contributed by atoms with Gasteiger partial charge < -0.3 is 35.2 Å². The molecule has 7 rings (SSSR count). The van der Waals surface area contributed by atoms with Gasteiger partial charge in [0.2, 0.25) is 17.7 Å². The van der Waals surface area contributed by atoms with Gasteiger partial charge in [-0.3, -0.25) is 24.1 Å². The topological polar surface area (TPSA) is 169 Å². The molecule has 3 aromatic carbocycles. The normalized spacial score (nSPS) is 21.7. The lowest BCUT2D eigenvalue weighted by atomic mass is 9.49. The van der Waals surface area contributed by atoms with Crippen LogP contribution in [0.1, 0.15) is 113 Å². The number of nitrogens with zero attached hydrogens (tertiary/aromatic N) is 5. The van der Waals surface area contributed by atoms with E-state index in [1.54, 1.807) is 41.5 Å². The second-order valence-corrected chi connectivity index (χ2v) is 23.2. The van der Waals surface area contributed by atoms with Crippen LogP contribution in [-0.2, 0) is 31.7 Å². The zero-order chi connectivity index (χ0) is 53.9. The molecule has 1 saturated carbocycles. The van der Waals surface area contributed by atoms with Crippen LogP contribution in [0.25, 0.3) is 10.4 Å². The third kappa shape index (κ3) is 12.6. The zero-order valence-corrected chi connectivity index (χ0v) is 45.0. The standard InChI is InChI=1S/C56H71F3N8O6S/c1-34(37-17-19-38(20-18-37)46-35(2)61-33-74-46)62-49(70)44-29-42(72-10)31-67(44)50(71)47(53(3,4)5)63-45(68)32-66-26-24-65(25-27-66)23-11-12-36-13-15-39(16-14-36)48(69)64-51-54(6,7)52(55(51,8)9)73-41-22-21-40(30-60)43(28-41)56(57,58)59/h13-22,28,33-34,42,44,47,51-52H,11-12,23-27,29,31-32H2,1-10H3,(H,62,70)(H,63,68)(H,64,69)/t34?,42-,44+,47-,51-,52-/m1/s1. The second-order valence-electron chi connectivity index (χ2n) is 22.4. The van der Waals surface area contributed by atoms with E-state index in [1.807, 2.05) is 104 Å². The maximum absolute atomic E-state index is 14.4. The van der Waals surface area contributed by atoms with Crippen LogP contribution >= 0.6 is 11.3 Å². The number of aromatic nitrogens is 1. The largest absolute Gasteiger partial charge is 0.489 e. The van der Waals surface area contributed by atoms with Crippen molar-refractivity contribution in [3.8, 4) is 22.3 Å². The van der Waals surface area contributed by atoms with Gasteiger partial charge in [0.15, 0.2) is 0 Å². The summed E-state index contributed by atoms with van der Waals surface area (Å²) in [6, 6.07) is 18.2. The lowest BCUT2D eigenvalue weighted by Crippen LogP contribution is -2.74. The fourth-order valence-corrected chi connectivity index (χ4v) is 12.0. The van der Waals surface area contributed by atoms with Gasteiger partial charge in [-0.2, -0.15) is 18.4 Å². The van der Waals surface area contributed by atoms with Gasteiger partial charge in [-0.1, -0.05) is 84.9 Å². The Kier molecular flexibility index (Phi) is 17.0. The molecule has 398 valence electrons. The van der Waals surface area contributed by atoms with Crippen molar-refractivity contribution < 1.29 is 41.8 Å². The highest BCUT2D eigenvalue weighted by atomic mass is 32.1. The number of piperazine rings is 1. The lowest BCUT2D eigenvalue weighted by molar-refractivity contribution is -0.164. The number of likely N-dealkylation sites (tertiary alicyclic amines) is 1. The number of hydrogen-bond acceptors (Lipinski definition) is 11. The smallest absolute Gasteiger partial charge is 0.417 e. The summed E-state index contributed by atoms with van der Waals surface area (Å²) in [7, 11) is 1.58. The fourth-order valence-electron chi connectivity index (χ4n) is 11.2. The van der Waals surface area contributed by atoms with Crippen LogP contribution in [0, 0.1) is 34.5 Å². The summed E-state index contributed by atoms with van der Waals surface area (Å²) in [5, 5.41) is 18.5. The molecule has 3 N–H and O–H groups in total. The van der Waals surface area contributed by atoms with Crippen LogP contribution in [0.5, 0.6) is 5.75 Å². The molecule has 3 fully saturated rings. The molecule has 0 radical (unpaired) electrons. The third-order valence-corrected chi connectivity index (χ3v) is 16.1. The Morgan fingerprint density at radius 3 is 2.15 bits per heavy atom. The van der Waals surface area contributed by atoms with E-state index in [2.05, 4.69) is 30.7 Å². The average Bonchev–Trinajstić information content (AvgIpc) is 4.00. The number of ether oxygens (including phenoxy) is 2. The Morgan fingerprint density at radius 1 is 0.919 bits per heavy atom. The van der Waals surface area contributed by atoms with E-state index >= 15 is 0 Å². The maximum atomic E-state index is 14.4. The number of alkyl halides is 3. The Bertz CT molecular complexity index is 2670. The van der Waals surface area contributed by atoms with Gasteiger partial charge >= 0.3 is 6.18 Å². The van der Waals surface area contributed by atoms with Crippen molar-refractivity contribution in [1.82, 2.24) is 35.6 Å².